The molecule has 1 aliphatic rings. The zero-order valence-electron chi connectivity index (χ0n) is 15.8. The summed E-state index contributed by atoms with van der Waals surface area (Å²) in [6, 6.07) is 4.95. The molecule has 2 heterocycles. The number of hydrogen-bond donors (Lipinski definition) is 2. The molecule has 0 unspecified atom stereocenters. The van der Waals surface area contributed by atoms with Crippen molar-refractivity contribution in [1.82, 2.24) is 20.1 Å². The number of amides is 1. The second-order valence-corrected chi connectivity index (χ2v) is 6.36. The van der Waals surface area contributed by atoms with E-state index in [0.29, 0.717) is 34.0 Å². The molecule has 1 amide bonds. The van der Waals surface area contributed by atoms with Crippen LogP contribution in [-0.2, 0) is 4.79 Å². The predicted molar refractivity (Wildman–Crippen MR) is 104 cm³/mol. The van der Waals surface area contributed by atoms with E-state index in [-0.39, 0.29) is 12.3 Å². The van der Waals surface area contributed by atoms with Crippen molar-refractivity contribution in [2.24, 2.45) is 0 Å². The first-order valence-electron chi connectivity index (χ1n) is 8.58. The minimum absolute atomic E-state index is 0.141. The van der Waals surface area contributed by atoms with E-state index in [9.17, 15) is 14.4 Å². The Morgan fingerprint density at radius 3 is 2.55 bits per heavy atom. The van der Waals surface area contributed by atoms with Gasteiger partial charge in [-0.25, -0.2) is 4.79 Å². The van der Waals surface area contributed by atoms with Gasteiger partial charge in [-0.3, -0.25) is 14.6 Å². The minimum atomic E-state index is -0.837. The van der Waals surface area contributed by atoms with Crippen molar-refractivity contribution in [3.05, 3.63) is 86.1 Å². The number of rotatable bonds is 3. The van der Waals surface area contributed by atoms with Crippen LogP contribution in [0.25, 0.3) is 5.69 Å². The van der Waals surface area contributed by atoms with Gasteiger partial charge in [-0.05, 0) is 55.3 Å². The second kappa shape index (κ2) is 7.82. The maximum atomic E-state index is 12.1. The largest absolute Gasteiger partial charge is 0.457 e. The number of hydrogen-bond acceptors (Lipinski definition) is 6. The van der Waals surface area contributed by atoms with E-state index in [1.54, 1.807) is 50.3 Å². The van der Waals surface area contributed by atoms with E-state index < -0.39 is 16.9 Å². The van der Waals surface area contributed by atoms with E-state index in [0.717, 1.165) is 4.68 Å². The van der Waals surface area contributed by atoms with Crippen LogP contribution in [0.5, 0.6) is 5.75 Å². The molecule has 9 nitrogen and oxygen atoms in total. The first kappa shape index (κ1) is 19.6. The summed E-state index contributed by atoms with van der Waals surface area (Å²) in [5.74, 6) is 0.835. The number of carbonyl (C=O) groups is 1. The maximum absolute atomic E-state index is 12.1. The highest BCUT2D eigenvalue weighted by atomic mass is 16.5. The van der Waals surface area contributed by atoms with Gasteiger partial charge in [-0.1, -0.05) is 6.58 Å². The number of nitrogens with zero attached hydrogens (tertiary/aromatic N) is 3. The summed E-state index contributed by atoms with van der Waals surface area (Å²) < 4.78 is 6.92. The highest BCUT2D eigenvalue weighted by molar-refractivity contribution is 5.80. The summed E-state index contributed by atoms with van der Waals surface area (Å²) in [7, 11) is 0. The van der Waals surface area contributed by atoms with E-state index in [1.807, 2.05) is 0 Å². The third-order valence-corrected chi connectivity index (χ3v) is 4.08. The number of nitriles is 1. The van der Waals surface area contributed by atoms with Gasteiger partial charge in [0.2, 0.25) is 11.6 Å². The summed E-state index contributed by atoms with van der Waals surface area (Å²) >= 11 is 0. The van der Waals surface area contributed by atoms with E-state index in [1.165, 1.54) is 0 Å². The lowest BCUT2D eigenvalue weighted by molar-refractivity contribution is -0.119. The van der Waals surface area contributed by atoms with Crippen molar-refractivity contribution in [2.45, 2.75) is 20.3 Å². The summed E-state index contributed by atoms with van der Waals surface area (Å²) in [5, 5.41) is 15.4. The quantitative estimate of drug-likeness (QED) is 0.810. The number of H-pyrrole nitrogens is 1. The van der Waals surface area contributed by atoms with Gasteiger partial charge >= 0.3 is 5.69 Å². The molecule has 1 aromatic carbocycles. The first-order valence-corrected chi connectivity index (χ1v) is 8.58. The summed E-state index contributed by atoms with van der Waals surface area (Å²) in [6.07, 6.45) is 5.12. The Kier molecular flexibility index (Phi) is 5.27. The van der Waals surface area contributed by atoms with Gasteiger partial charge in [-0.2, -0.15) is 9.94 Å². The molecule has 29 heavy (non-hydrogen) atoms. The van der Waals surface area contributed by atoms with Crippen LogP contribution in [0.15, 0.2) is 58.0 Å². The molecule has 0 atom stereocenters. The van der Waals surface area contributed by atoms with Gasteiger partial charge in [0.25, 0.3) is 5.56 Å². The molecule has 9 heteroatoms. The molecule has 1 aromatic heterocycles. The Bertz CT molecular complexity index is 1220. The number of aryl methyl sites for hydroxylation is 2. The minimum Gasteiger partial charge on any atom is -0.457 e. The fraction of sp³-hybridized carbons (Fsp3) is 0.150. The third-order valence-electron chi connectivity index (χ3n) is 4.08. The molecule has 2 N–H and O–H groups in total. The Labute approximate surface area is 165 Å². The molecule has 0 fully saturated rings. The van der Waals surface area contributed by atoms with Crippen LogP contribution in [0.1, 0.15) is 23.2 Å². The molecule has 0 aliphatic carbocycles. The van der Waals surface area contributed by atoms with Crippen molar-refractivity contribution in [1.29, 1.82) is 5.26 Å². The predicted octanol–water partition coefficient (Wildman–Crippen LogP) is 1.26. The molecule has 146 valence electrons. The molecular formula is C20H17N5O4. The molecular weight excluding hydrogens is 374 g/mol. The molecule has 0 saturated carbocycles. The lowest BCUT2D eigenvalue weighted by atomic mass is 10.1. The molecule has 0 bridgehead atoms. The molecule has 0 radical (unpaired) electrons. The van der Waals surface area contributed by atoms with Gasteiger partial charge in [-0.15, -0.1) is 5.10 Å². The van der Waals surface area contributed by atoms with Crippen LogP contribution in [0.2, 0.25) is 0 Å². The number of ether oxygens (including phenoxy) is 1. The monoisotopic (exact) mass is 391 g/mol. The van der Waals surface area contributed by atoms with Crippen LogP contribution in [0, 0.1) is 25.2 Å². The summed E-state index contributed by atoms with van der Waals surface area (Å²) in [6.45, 7) is 7.30. The van der Waals surface area contributed by atoms with Crippen molar-refractivity contribution in [3.8, 4) is 17.5 Å². The van der Waals surface area contributed by atoms with Crippen molar-refractivity contribution in [2.75, 3.05) is 0 Å². The van der Waals surface area contributed by atoms with Crippen LogP contribution in [-0.4, -0.2) is 20.7 Å². The fourth-order valence-corrected chi connectivity index (χ4v) is 2.77. The number of aromatic nitrogens is 3. The average molecular weight is 391 g/mol. The number of carbonyl (C=O) groups excluding carboxylic acids is 1. The third kappa shape index (κ3) is 4.22. The standard InChI is InChI=1S/C20H17N5O4/c1-11-8-14(25-20(28)23-19(27)16(10-21)24-25)9-12(2)18(11)29-15-5-4-13(3)22-17(26)7-6-15/h4-6,8-9H,3,7H2,1-2H3,(H,22,26)(H,23,27,28)/b5-4-,15-6+. The zero-order valence-corrected chi connectivity index (χ0v) is 15.8. The van der Waals surface area contributed by atoms with Crippen molar-refractivity contribution >= 4 is 5.91 Å². The zero-order chi connectivity index (χ0) is 21.1. The van der Waals surface area contributed by atoms with Crippen LogP contribution < -0.4 is 21.3 Å². The first-order chi connectivity index (χ1) is 13.8. The molecule has 3 rings (SSSR count). The Balaban J connectivity index is 2.00. The number of allylic oxidation sites excluding steroid dienone is 2. The Morgan fingerprint density at radius 2 is 1.90 bits per heavy atom. The topological polar surface area (TPSA) is 130 Å². The Hall–Kier alpha value is -4.19. The lowest BCUT2D eigenvalue weighted by Crippen LogP contribution is -2.33. The van der Waals surface area contributed by atoms with E-state index in [2.05, 4.69) is 22.0 Å². The molecule has 0 saturated heterocycles. The fourth-order valence-electron chi connectivity index (χ4n) is 2.77. The second-order valence-electron chi connectivity index (χ2n) is 6.36. The van der Waals surface area contributed by atoms with E-state index >= 15 is 0 Å². The van der Waals surface area contributed by atoms with Crippen LogP contribution >= 0.6 is 0 Å². The molecule has 2 aromatic rings. The van der Waals surface area contributed by atoms with Crippen molar-refractivity contribution < 1.29 is 9.53 Å². The van der Waals surface area contributed by atoms with E-state index in [4.69, 9.17) is 10.00 Å². The van der Waals surface area contributed by atoms with Gasteiger partial charge in [0.1, 0.15) is 17.6 Å². The molecule has 1 aliphatic heterocycles. The lowest BCUT2D eigenvalue weighted by Gasteiger charge is -2.16. The normalized spacial score (nSPS) is 16.7. The number of benzene rings is 1. The highest BCUT2D eigenvalue weighted by Gasteiger charge is 2.14. The Morgan fingerprint density at radius 1 is 1.21 bits per heavy atom. The highest BCUT2D eigenvalue weighted by Crippen LogP contribution is 2.28. The SMILES string of the molecule is C=C1/C=C\C(Oc2c(C)cc(-n3nc(C#N)c(=O)[nH]c3=O)cc2C)=C/CC(=O)N1. The maximum Gasteiger partial charge on any atom is 0.349 e. The average Bonchev–Trinajstić information content (AvgIpc) is 2.65. The summed E-state index contributed by atoms with van der Waals surface area (Å²) in [5.41, 5.74) is 0.219. The number of aromatic amines is 1. The van der Waals surface area contributed by atoms with Crippen molar-refractivity contribution in [3.63, 3.8) is 0 Å². The smallest absolute Gasteiger partial charge is 0.349 e. The van der Waals surface area contributed by atoms with Gasteiger partial charge in [0, 0.05) is 12.1 Å². The van der Waals surface area contributed by atoms with Gasteiger partial charge in [0.15, 0.2) is 0 Å². The summed E-state index contributed by atoms with van der Waals surface area (Å²) in [4.78, 5) is 37.4. The van der Waals surface area contributed by atoms with Crippen LogP contribution in [0.4, 0.5) is 0 Å². The van der Waals surface area contributed by atoms with Gasteiger partial charge in [0.05, 0.1) is 5.69 Å². The number of nitrogens with one attached hydrogen (secondary N) is 2. The van der Waals surface area contributed by atoms with Crippen LogP contribution in [0.3, 0.4) is 0 Å². The van der Waals surface area contributed by atoms with Gasteiger partial charge < -0.3 is 10.1 Å². The molecule has 0 spiro atoms.